The molecule has 35 heavy (non-hydrogen) atoms. The molecule has 0 bridgehead atoms. The summed E-state index contributed by atoms with van der Waals surface area (Å²) in [5, 5.41) is 14.0. The summed E-state index contributed by atoms with van der Waals surface area (Å²) in [6, 6.07) is 14.6. The summed E-state index contributed by atoms with van der Waals surface area (Å²) in [7, 11) is 3.77. The lowest BCUT2D eigenvalue weighted by Crippen LogP contribution is -2.23. The molecule has 180 valence electrons. The van der Waals surface area contributed by atoms with Crippen LogP contribution in [0.2, 0.25) is 0 Å². The number of hydrogen-bond donors (Lipinski definition) is 1. The highest BCUT2D eigenvalue weighted by atomic mass is 32.2. The van der Waals surface area contributed by atoms with E-state index in [1.807, 2.05) is 19.0 Å². The molecule has 11 heteroatoms. The van der Waals surface area contributed by atoms with E-state index in [1.165, 1.54) is 22.8 Å². The van der Waals surface area contributed by atoms with Gasteiger partial charge in [0.05, 0.1) is 16.0 Å². The first-order valence-electron chi connectivity index (χ1n) is 10.5. The molecule has 1 N–H and O–H groups in total. The molecule has 0 aliphatic heterocycles. The summed E-state index contributed by atoms with van der Waals surface area (Å²) in [6.07, 6.45) is 0. The lowest BCUT2D eigenvalue weighted by atomic mass is 10.1. The molecule has 4 rings (SSSR count). The lowest BCUT2D eigenvalue weighted by Gasteiger charge is -2.11. The maximum Gasteiger partial charge on any atom is 0.419 e. The summed E-state index contributed by atoms with van der Waals surface area (Å²) in [5.74, 6) is -1.59. The largest absolute Gasteiger partial charge is 0.419 e. The van der Waals surface area contributed by atoms with Gasteiger partial charge in [-0.25, -0.2) is 9.18 Å². The van der Waals surface area contributed by atoms with Gasteiger partial charge in [-0.2, -0.15) is 0 Å². The van der Waals surface area contributed by atoms with Crippen molar-refractivity contribution in [1.29, 1.82) is 0 Å². The van der Waals surface area contributed by atoms with Crippen LogP contribution in [0.5, 0.6) is 0 Å². The van der Waals surface area contributed by atoms with Crippen molar-refractivity contribution < 1.29 is 18.5 Å². The SMILES string of the molecule is CN(C)CCn1c(=O)oc2ccc(NC(=O)c3cc([N+](=O)[O-])ccc3Sc3ccccc3F)cc21. The number of carbonyl (C=O) groups is 1. The topological polar surface area (TPSA) is 111 Å². The molecule has 4 aromatic rings. The number of nitro benzene ring substituents is 1. The van der Waals surface area contributed by atoms with Gasteiger partial charge in [-0.1, -0.05) is 23.9 Å². The first kappa shape index (κ1) is 24.2. The van der Waals surface area contributed by atoms with Crippen molar-refractivity contribution in [3.8, 4) is 0 Å². The average Bonchev–Trinajstić information content (AvgIpc) is 3.13. The van der Waals surface area contributed by atoms with E-state index >= 15 is 0 Å². The van der Waals surface area contributed by atoms with Crippen molar-refractivity contribution in [1.82, 2.24) is 9.47 Å². The Labute approximate surface area is 203 Å². The molecule has 0 radical (unpaired) electrons. The van der Waals surface area contributed by atoms with E-state index < -0.39 is 22.4 Å². The van der Waals surface area contributed by atoms with Crippen LogP contribution in [-0.2, 0) is 6.54 Å². The van der Waals surface area contributed by atoms with Gasteiger partial charge in [-0.3, -0.25) is 19.5 Å². The van der Waals surface area contributed by atoms with Gasteiger partial charge in [0.15, 0.2) is 5.58 Å². The molecule has 3 aromatic carbocycles. The number of likely N-dealkylation sites (N-methyl/N-ethyl adjacent to an activating group) is 1. The number of nitro groups is 1. The van der Waals surface area contributed by atoms with E-state index in [-0.39, 0.29) is 16.1 Å². The number of oxazole rings is 1. The van der Waals surface area contributed by atoms with Crippen LogP contribution in [0.3, 0.4) is 0 Å². The van der Waals surface area contributed by atoms with Crippen LogP contribution in [0.1, 0.15) is 10.4 Å². The maximum atomic E-state index is 14.2. The Morgan fingerprint density at radius 1 is 1.14 bits per heavy atom. The fraction of sp³-hybridized carbons (Fsp3) is 0.167. The van der Waals surface area contributed by atoms with E-state index in [2.05, 4.69) is 5.32 Å². The Bertz CT molecular complexity index is 1480. The number of nitrogens with zero attached hydrogens (tertiary/aromatic N) is 3. The van der Waals surface area contributed by atoms with Crippen LogP contribution in [0.25, 0.3) is 11.1 Å². The second-order valence-corrected chi connectivity index (χ2v) is 9.01. The Balaban J connectivity index is 1.67. The standard InChI is InChI=1S/C24H21FN4O5S/c1-27(2)11-12-28-19-13-15(7-9-20(19)34-24(28)31)26-23(30)17-14-16(29(32)33)8-10-21(17)35-22-6-4-3-5-18(22)25/h3-10,13-14H,11-12H2,1-2H3,(H,26,30). The van der Waals surface area contributed by atoms with Crippen molar-refractivity contribution in [3.05, 3.63) is 92.7 Å². The highest BCUT2D eigenvalue weighted by Gasteiger charge is 2.19. The molecule has 1 heterocycles. The van der Waals surface area contributed by atoms with Crippen molar-refractivity contribution in [2.24, 2.45) is 0 Å². The smallest absolute Gasteiger partial charge is 0.408 e. The molecule has 0 unspecified atom stereocenters. The van der Waals surface area contributed by atoms with Crippen LogP contribution >= 0.6 is 11.8 Å². The van der Waals surface area contributed by atoms with Crippen molar-refractivity contribution in [2.75, 3.05) is 26.0 Å². The summed E-state index contributed by atoms with van der Waals surface area (Å²) >= 11 is 0.994. The second kappa shape index (κ2) is 10.1. The molecule has 0 aliphatic carbocycles. The van der Waals surface area contributed by atoms with Gasteiger partial charge in [0.2, 0.25) is 0 Å². The van der Waals surface area contributed by atoms with E-state index in [0.717, 1.165) is 17.8 Å². The van der Waals surface area contributed by atoms with Crippen molar-refractivity contribution in [3.63, 3.8) is 0 Å². The van der Waals surface area contributed by atoms with Crippen molar-refractivity contribution in [2.45, 2.75) is 16.3 Å². The van der Waals surface area contributed by atoms with Crippen LogP contribution in [-0.4, -0.2) is 40.9 Å². The third-order valence-corrected chi connectivity index (χ3v) is 6.30. The quantitative estimate of drug-likeness (QED) is 0.280. The van der Waals surface area contributed by atoms with Crippen LogP contribution in [0.15, 0.2) is 79.7 Å². The number of aromatic nitrogens is 1. The summed E-state index contributed by atoms with van der Waals surface area (Å²) in [6.45, 7) is 1.000. The molecule has 9 nitrogen and oxygen atoms in total. The molecule has 0 saturated heterocycles. The first-order valence-corrected chi connectivity index (χ1v) is 11.3. The van der Waals surface area contributed by atoms with Gasteiger partial charge in [-0.15, -0.1) is 0 Å². The number of halogens is 1. The second-order valence-electron chi connectivity index (χ2n) is 7.93. The third kappa shape index (κ3) is 5.42. The van der Waals surface area contributed by atoms with E-state index in [1.54, 1.807) is 36.4 Å². The van der Waals surface area contributed by atoms with Crippen LogP contribution in [0.4, 0.5) is 15.8 Å². The Kier molecular flexibility index (Phi) is 6.99. The maximum absolute atomic E-state index is 14.2. The van der Waals surface area contributed by atoms with E-state index in [0.29, 0.717) is 34.8 Å². The third-order valence-electron chi connectivity index (χ3n) is 5.17. The Morgan fingerprint density at radius 2 is 1.91 bits per heavy atom. The number of benzene rings is 3. The number of amides is 1. The zero-order chi connectivity index (χ0) is 25.1. The molecule has 0 aliphatic rings. The fourth-order valence-corrected chi connectivity index (χ4v) is 4.34. The van der Waals surface area contributed by atoms with E-state index in [9.17, 15) is 24.1 Å². The van der Waals surface area contributed by atoms with Crippen LogP contribution in [0, 0.1) is 15.9 Å². The van der Waals surface area contributed by atoms with Gasteiger partial charge in [-0.05, 0) is 50.5 Å². The summed E-state index contributed by atoms with van der Waals surface area (Å²) < 4.78 is 20.9. The zero-order valence-electron chi connectivity index (χ0n) is 18.9. The number of rotatable bonds is 8. The molecular formula is C24H21FN4O5S. The molecule has 1 amide bonds. The molecule has 0 fully saturated rings. The molecule has 0 saturated carbocycles. The highest BCUT2D eigenvalue weighted by Crippen LogP contribution is 2.34. The zero-order valence-corrected chi connectivity index (χ0v) is 19.7. The van der Waals surface area contributed by atoms with Crippen LogP contribution < -0.4 is 11.1 Å². The monoisotopic (exact) mass is 496 g/mol. The number of nitrogens with one attached hydrogen (secondary N) is 1. The molecular weight excluding hydrogens is 475 g/mol. The highest BCUT2D eigenvalue weighted by molar-refractivity contribution is 7.99. The predicted octanol–water partition coefficient (Wildman–Crippen LogP) is 4.61. The predicted molar refractivity (Wildman–Crippen MR) is 131 cm³/mol. The van der Waals surface area contributed by atoms with Crippen molar-refractivity contribution >= 4 is 40.1 Å². The number of non-ortho nitro benzene ring substituents is 1. The first-order chi connectivity index (χ1) is 16.7. The minimum absolute atomic E-state index is 0.0183. The van der Waals surface area contributed by atoms with Gasteiger partial charge < -0.3 is 14.6 Å². The Morgan fingerprint density at radius 3 is 2.63 bits per heavy atom. The number of fused-ring (bicyclic) bond motifs is 1. The molecule has 1 aromatic heterocycles. The van der Waals surface area contributed by atoms with E-state index in [4.69, 9.17) is 4.42 Å². The van der Waals surface area contributed by atoms with Gasteiger partial charge >= 0.3 is 5.76 Å². The normalized spacial score (nSPS) is 11.2. The number of anilines is 1. The van der Waals surface area contributed by atoms with Gasteiger partial charge in [0, 0.05) is 40.7 Å². The average molecular weight is 497 g/mol. The lowest BCUT2D eigenvalue weighted by molar-refractivity contribution is -0.384. The molecule has 0 spiro atoms. The fourth-order valence-electron chi connectivity index (χ4n) is 3.39. The Hall–Kier alpha value is -3.96. The summed E-state index contributed by atoms with van der Waals surface area (Å²) in [4.78, 5) is 38.7. The van der Waals surface area contributed by atoms with Gasteiger partial charge in [0.1, 0.15) is 5.82 Å². The molecule has 0 atom stereocenters. The summed E-state index contributed by atoms with van der Waals surface area (Å²) in [5.41, 5.74) is 1.00. The van der Waals surface area contributed by atoms with Gasteiger partial charge in [0.25, 0.3) is 11.6 Å². The number of hydrogen-bond acceptors (Lipinski definition) is 7. The minimum Gasteiger partial charge on any atom is -0.408 e. The minimum atomic E-state index is -0.613. The number of carbonyl (C=O) groups excluding carboxylic acids is 1.